The third kappa shape index (κ3) is 4.54. The van der Waals surface area contributed by atoms with Crippen molar-refractivity contribution in [3.05, 3.63) is 60.2 Å². The summed E-state index contributed by atoms with van der Waals surface area (Å²) in [7, 11) is 0. The summed E-state index contributed by atoms with van der Waals surface area (Å²) in [5.74, 6) is 0. The molecule has 2 atom stereocenters. The van der Waals surface area contributed by atoms with Gasteiger partial charge >= 0.3 is 0 Å². The van der Waals surface area contributed by atoms with E-state index in [4.69, 9.17) is 14.5 Å². The molecule has 5 nitrogen and oxygen atoms in total. The smallest absolute Gasteiger partial charge is 0.297 e. The molecule has 1 fully saturated rings. The zero-order valence-electron chi connectivity index (χ0n) is 16.5. The lowest BCUT2D eigenvalue weighted by molar-refractivity contribution is 0.111. The largest absolute Gasteiger partial charge is 0.461 e. The second-order valence-electron chi connectivity index (χ2n) is 7.34. The van der Waals surface area contributed by atoms with Crippen LogP contribution < -0.4 is 10.1 Å². The summed E-state index contributed by atoms with van der Waals surface area (Å²) in [6.45, 7) is 5.13. The van der Waals surface area contributed by atoms with Gasteiger partial charge in [0.1, 0.15) is 6.10 Å². The number of ether oxygens (including phenoxy) is 2. The Bertz CT molecular complexity index is 878. The number of hydrogen-bond acceptors (Lipinski definition) is 4. The van der Waals surface area contributed by atoms with Gasteiger partial charge in [0.2, 0.25) is 0 Å². The second kappa shape index (κ2) is 9.22. The third-order valence-corrected chi connectivity index (χ3v) is 5.33. The number of nitrogens with one attached hydrogen (secondary N) is 1. The van der Waals surface area contributed by atoms with Crippen LogP contribution in [0.3, 0.4) is 0 Å². The van der Waals surface area contributed by atoms with Crippen molar-refractivity contribution in [2.45, 2.75) is 44.9 Å². The molecule has 3 aromatic rings. The molecular formula is C23H29N3O2. The zero-order valence-corrected chi connectivity index (χ0v) is 16.5. The lowest BCUT2D eigenvalue weighted by Crippen LogP contribution is -2.43. The maximum atomic E-state index is 6.43. The first-order valence-corrected chi connectivity index (χ1v) is 10.3. The number of imidazole rings is 1. The van der Waals surface area contributed by atoms with E-state index in [1.54, 1.807) is 0 Å². The number of aromatic nitrogens is 2. The van der Waals surface area contributed by atoms with Crippen LogP contribution in [0, 0.1) is 0 Å². The van der Waals surface area contributed by atoms with Crippen molar-refractivity contribution in [1.29, 1.82) is 0 Å². The highest BCUT2D eigenvalue weighted by atomic mass is 16.5. The first-order valence-electron chi connectivity index (χ1n) is 10.3. The van der Waals surface area contributed by atoms with E-state index in [0.717, 1.165) is 50.0 Å². The van der Waals surface area contributed by atoms with E-state index in [1.165, 1.54) is 5.56 Å². The summed E-state index contributed by atoms with van der Waals surface area (Å²) in [6.07, 6.45) is 3.20. The Morgan fingerprint density at radius 3 is 2.79 bits per heavy atom. The average molecular weight is 380 g/mol. The van der Waals surface area contributed by atoms with Gasteiger partial charge in [0.25, 0.3) is 6.01 Å². The summed E-state index contributed by atoms with van der Waals surface area (Å²) < 4.78 is 14.1. The third-order valence-electron chi connectivity index (χ3n) is 5.33. The fraction of sp³-hybridized carbons (Fsp3) is 0.435. The van der Waals surface area contributed by atoms with Gasteiger partial charge < -0.3 is 14.8 Å². The summed E-state index contributed by atoms with van der Waals surface area (Å²) in [6, 6.07) is 20.0. The maximum Gasteiger partial charge on any atom is 0.297 e. The fourth-order valence-corrected chi connectivity index (χ4v) is 3.94. The van der Waals surface area contributed by atoms with Crippen molar-refractivity contribution in [3.63, 3.8) is 0 Å². The molecule has 0 spiro atoms. The molecule has 0 saturated carbocycles. The molecule has 148 valence electrons. The Kier molecular flexibility index (Phi) is 6.24. The number of nitrogens with zero attached hydrogens (tertiary/aromatic N) is 2. The van der Waals surface area contributed by atoms with Gasteiger partial charge in [-0.2, -0.15) is 4.98 Å². The molecule has 1 aliphatic heterocycles. The number of rotatable bonds is 8. The Labute approximate surface area is 166 Å². The zero-order chi connectivity index (χ0) is 19.2. The van der Waals surface area contributed by atoms with Crippen molar-refractivity contribution in [2.24, 2.45) is 0 Å². The molecule has 0 bridgehead atoms. The van der Waals surface area contributed by atoms with Crippen LogP contribution in [0.5, 0.6) is 6.01 Å². The first-order chi connectivity index (χ1) is 13.8. The first kappa shape index (κ1) is 19.0. The predicted molar refractivity (Wildman–Crippen MR) is 112 cm³/mol. The molecule has 2 heterocycles. The number of piperidine rings is 1. The minimum atomic E-state index is 0.178. The number of para-hydroxylation sites is 2. The lowest BCUT2D eigenvalue weighted by atomic mass is 9.96. The topological polar surface area (TPSA) is 48.3 Å². The van der Waals surface area contributed by atoms with Gasteiger partial charge in [-0.05, 0) is 44.0 Å². The standard InChI is InChI=1S/C23H29N3O2/c1-2-27-15-14-26-22-11-7-6-10-21(22)25-23(26)28-20-12-13-24-19(17-20)16-18-8-4-3-5-9-18/h3-11,19-20,24H,2,12-17H2,1H3. The minimum absolute atomic E-state index is 0.178. The van der Waals surface area contributed by atoms with Crippen LogP contribution in [-0.4, -0.2) is 41.5 Å². The second-order valence-corrected chi connectivity index (χ2v) is 7.34. The van der Waals surface area contributed by atoms with E-state index in [-0.39, 0.29) is 6.10 Å². The minimum Gasteiger partial charge on any atom is -0.461 e. The molecule has 2 aromatic carbocycles. The molecule has 1 saturated heterocycles. The molecule has 1 aromatic heterocycles. The summed E-state index contributed by atoms with van der Waals surface area (Å²) in [5, 5.41) is 3.64. The van der Waals surface area contributed by atoms with Crippen LogP contribution >= 0.6 is 0 Å². The van der Waals surface area contributed by atoms with E-state index >= 15 is 0 Å². The van der Waals surface area contributed by atoms with Crippen LogP contribution in [0.1, 0.15) is 25.3 Å². The average Bonchev–Trinajstić information content (AvgIpc) is 3.06. The summed E-state index contributed by atoms with van der Waals surface area (Å²) in [5.41, 5.74) is 3.44. The van der Waals surface area contributed by atoms with Crippen molar-refractivity contribution in [1.82, 2.24) is 14.9 Å². The Morgan fingerprint density at radius 1 is 1.11 bits per heavy atom. The maximum absolute atomic E-state index is 6.43. The molecule has 0 amide bonds. The highest BCUT2D eigenvalue weighted by molar-refractivity contribution is 5.76. The van der Waals surface area contributed by atoms with Crippen molar-refractivity contribution < 1.29 is 9.47 Å². The number of fused-ring (bicyclic) bond motifs is 1. The van der Waals surface area contributed by atoms with Crippen LogP contribution in [0.15, 0.2) is 54.6 Å². The quantitative estimate of drug-likeness (QED) is 0.605. The van der Waals surface area contributed by atoms with Crippen LogP contribution in [0.25, 0.3) is 11.0 Å². The van der Waals surface area contributed by atoms with Gasteiger partial charge in [0.15, 0.2) is 0 Å². The van der Waals surface area contributed by atoms with E-state index in [2.05, 4.69) is 46.3 Å². The van der Waals surface area contributed by atoms with Gasteiger partial charge in [0, 0.05) is 19.1 Å². The highest BCUT2D eigenvalue weighted by Crippen LogP contribution is 2.25. The van der Waals surface area contributed by atoms with E-state index in [1.807, 2.05) is 25.1 Å². The molecule has 0 radical (unpaired) electrons. The molecule has 1 N–H and O–H groups in total. The van der Waals surface area contributed by atoms with Crippen molar-refractivity contribution in [2.75, 3.05) is 19.8 Å². The number of benzene rings is 2. The van der Waals surface area contributed by atoms with Crippen molar-refractivity contribution >= 4 is 11.0 Å². The summed E-state index contributed by atoms with van der Waals surface area (Å²) in [4.78, 5) is 4.76. The van der Waals surface area contributed by atoms with Gasteiger partial charge in [-0.25, -0.2) is 0 Å². The Morgan fingerprint density at radius 2 is 1.93 bits per heavy atom. The molecule has 2 unspecified atom stereocenters. The normalized spacial score (nSPS) is 19.8. The SMILES string of the molecule is CCOCCn1c(OC2CCNC(Cc3ccccc3)C2)nc2ccccc21. The molecule has 5 heteroatoms. The lowest BCUT2D eigenvalue weighted by Gasteiger charge is -2.30. The molecular weight excluding hydrogens is 350 g/mol. The van der Waals surface area contributed by atoms with Crippen LogP contribution in [0.2, 0.25) is 0 Å². The van der Waals surface area contributed by atoms with E-state index < -0.39 is 0 Å². The van der Waals surface area contributed by atoms with E-state index in [9.17, 15) is 0 Å². The van der Waals surface area contributed by atoms with Gasteiger partial charge in [-0.3, -0.25) is 4.57 Å². The molecule has 28 heavy (non-hydrogen) atoms. The van der Waals surface area contributed by atoms with Crippen LogP contribution in [-0.2, 0) is 17.7 Å². The van der Waals surface area contributed by atoms with E-state index in [0.29, 0.717) is 18.7 Å². The molecule has 0 aliphatic carbocycles. The van der Waals surface area contributed by atoms with Gasteiger partial charge in [0.05, 0.1) is 24.2 Å². The molecule has 4 rings (SSSR count). The van der Waals surface area contributed by atoms with Gasteiger partial charge in [-0.1, -0.05) is 42.5 Å². The number of hydrogen-bond donors (Lipinski definition) is 1. The Hall–Kier alpha value is -2.37. The molecule has 1 aliphatic rings. The monoisotopic (exact) mass is 379 g/mol. The summed E-state index contributed by atoms with van der Waals surface area (Å²) >= 11 is 0. The van der Waals surface area contributed by atoms with Crippen LogP contribution in [0.4, 0.5) is 0 Å². The van der Waals surface area contributed by atoms with Crippen molar-refractivity contribution in [3.8, 4) is 6.01 Å². The fourth-order valence-electron chi connectivity index (χ4n) is 3.94. The van der Waals surface area contributed by atoms with Gasteiger partial charge in [-0.15, -0.1) is 0 Å². The highest BCUT2D eigenvalue weighted by Gasteiger charge is 2.25. The Balaban J connectivity index is 1.46. The predicted octanol–water partition coefficient (Wildman–Crippen LogP) is 3.81.